The Balaban J connectivity index is 1.38. The van der Waals surface area contributed by atoms with Gasteiger partial charge in [-0.3, -0.25) is 9.69 Å². The van der Waals surface area contributed by atoms with Crippen molar-refractivity contribution in [3.8, 4) is 0 Å². The summed E-state index contributed by atoms with van der Waals surface area (Å²) in [5.41, 5.74) is 5.86. The fourth-order valence-corrected chi connectivity index (χ4v) is 4.39. The quantitative estimate of drug-likeness (QED) is 0.675. The third-order valence-corrected chi connectivity index (χ3v) is 6.16. The van der Waals surface area contributed by atoms with Crippen LogP contribution in [-0.4, -0.2) is 34.9 Å². The molecule has 4 rings (SSSR count). The molecular weight excluding hydrogens is 346 g/mol. The van der Waals surface area contributed by atoms with Crippen molar-refractivity contribution in [1.29, 1.82) is 0 Å². The molecule has 2 heterocycles. The number of H-pyrrole nitrogens is 1. The van der Waals surface area contributed by atoms with Gasteiger partial charge in [0.2, 0.25) is 5.91 Å². The fraction of sp³-hybridized carbons (Fsp3) is 0.375. The lowest BCUT2D eigenvalue weighted by Crippen LogP contribution is -2.45. The average molecular weight is 376 g/mol. The zero-order chi connectivity index (χ0) is 19.7. The number of aromatic amines is 1. The van der Waals surface area contributed by atoms with E-state index in [2.05, 4.69) is 58.7 Å². The molecule has 1 aliphatic rings. The molecule has 1 aliphatic heterocycles. The number of fused-ring (bicyclic) bond motifs is 1. The van der Waals surface area contributed by atoms with Gasteiger partial charge < -0.3 is 10.3 Å². The molecule has 2 N–H and O–H groups in total. The highest BCUT2D eigenvalue weighted by Crippen LogP contribution is 2.33. The molecule has 146 valence electrons. The average Bonchev–Trinajstić information content (AvgIpc) is 3.14. The van der Waals surface area contributed by atoms with Gasteiger partial charge in [0.25, 0.3) is 0 Å². The Morgan fingerprint density at radius 1 is 1.14 bits per heavy atom. The number of nitrogens with zero attached hydrogens (tertiary/aromatic N) is 1. The van der Waals surface area contributed by atoms with Crippen LogP contribution in [0.3, 0.4) is 0 Å². The lowest BCUT2D eigenvalue weighted by atomic mass is 9.88. The van der Waals surface area contributed by atoms with E-state index in [1.807, 2.05) is 26.0 Å². The molecule has 0 aliphatic carbocycles. The Hall–Kier alpha value is -2.59. The van der Waals surface area contributed by atoms with Gasteiger partial charge in [0, 0.05) is 22.8 Å². The Labute approximate surface area is 166 Å². The molecule has 1 fully saturated rings. The fourth-order valence-electron chi connectivity index (χ4n) is 4.39. The van der Waals surface area contributed by atoms with Gasteiger partial charge >= 0.3 is 0 Å². The smallest absolute Gasteiger partial charge is 0.241 e. The second-order valence-electron chi connectivity index (χ2n) is 8.08. The lowest BCUT2D eigenvalue weighted by Gasteiger charge is -2.35. The van der Waals surface area contributed by atoms with Crippen molar-refractivity contribution in [2.24, 2.45) is 0 Å². The number of nitrogens with one attached hydrogen (secondary N) is 2. The zero-order valence-electron chi connectivity index (χ0n) is 17.0. The largest absolute Gasteiger partial charge is 0.361 e. The van der Waals surface area contributed by atoms with Crippen LogP contribution in [0.1, 0.15) is 42.4 Å². The second kappa shape index (κ2) is 7.80. The molecule has 1 atom stereocenters. The highest BCUT2D eigenvalue weighted by Gasteiger charge is 2.28. The van der Waals surface area contributed by atoms with Gasteiger partial charge in [-0.25, -0.2) is 0 Å². The number of hydrogen-bond acceptors (Lipinski definition) is 2. The van der Waals surface area contributed by atoms with E-state index in [0.29, 0.717) is 5.92 Å². The van der Waals surface area contributed by atoms with Gasteiger partial charge in [-0.1, -0.05) is 35.9 Å². The molecule has 1 aromatic heterocycles. The van der Waals surface area contributed by atoms with E-state index in [-0.39, 0.29) is 11.9 Å². The van der Waals surface area contributed by atoms with Crippen molar-refractivity contribution in [2.45, 2.75) is 45.6 Å². The maximum absolute atomic E-state index is 12.8. The van der Waals surface area contributed by atoms with Crippen LogP contribution in [0.2, 0.25) is 0 Å². The van der Waals surface area contributed by atoms with Crippen LogP contribution in [-0.2, 0) is 4.79 Å². The molecule has 2 aromatic carbocycles. The number of para-hydroxylation sites is 1. The molecule has 0 saturated carbocycles. The number of anilines is 1. The summed E-state index contributed by atoms with van der Waals surface area (Å²) in [4.78, 5) is 18.5. The minimum Gasteiger partial charge on any atom is -0.361 e. The topological polar surface area (TPSA) is 48.1 Å². The van der Waals surface area contributed by atoms with Crippen LogP contribution in [0.25, 0.3) is 10.9 Å². The van der Waals surface area contributed by atoms with E-state index >= 15 is 0 Å². The standard InChI is InChI=1S/C24H29N3O/c1-16-8-9-22(17(2)14-16)26-24(28)18(3)27-12-10-19(11-13-27)21-15-25-23-7-5-4-6-20(21)23/h4-9,14-15,18-19,25H,10-13H2,1-3H3,(H,26,28)/t18-/m1/s1. The summed E-state index contributed by atoms with van der Waals surface area (Å²) in [6.07, 6.45) is 4.34. The molecule has 1 saturated heterocycles. The third-order valence-electron chi connectivity index (χ3n) is 6.16. The molecule has 1 amide bonds. The first-order valence-corrected chi connectivity index (χ1v) is 10.2. The van der Waals surface area contributed by atoms with Crippen LogP contribution < -0.4 is 5.32 Å². The van der Waals surface area contributed by atoms with Gasteiger partial charge in [0.15, 0.2) is 0 Å². The monoisotopic (exact) mass is 375 g/mol. The van der Waals surface area contributed by atoms with Crippen molar-refractivity contribution >= 4 is 22.5 Å². The van der Waals surface area contributed by atoms with Crippen LogP contribution >= 0.6 is 0 Å². The molecule has 4 heteroatoms. The molecule has 0 bridgehead atoms. The van der Waals surface area contributed by atoms with Gasteiger partial charge in [-0.2, -0.15) is 0 Å². The summed E-state index contributed by atoms with van der Waals surface area (Å²) in [5.74, 6) is 0.638. The Kier molecular flexibility index (Phi) is 5.23. The highest BCUT2D eigenvalue weighted by atomic mass is 16.2. The molecule has 3 aromatic rings. The van der Waals surface area contributed by atoms with Gasteiger partial charge in [-0.15, -0.1) is 0 Å². The Morgan fingerprint density at radius 3 is 2.64 bits per heavy atom. The van der Waals surface area contributed by atoms with Gasteiger partial charge in [-0.05, 0) is 75.9 Å². The van der Waals surface area contributed by atoms with E-state index in [1.165, 1.54) is 22.0 Å². The number of rotatable bonds is 4. The number of amides is 1. The molecule has 0 spiro atoms. The molecule has 28 heavy (non-hydrogen) atoms. The molecular formula is C24H29N3O. The summed E-state index contributed by atoms with van der Waals surface area (Å²) < 4.78 is 0. The highest BCUT2D eigenvalue weighted by molar-refractivity contribution is 5.95. The summed E-state index contributed by atoms with van der Waals surface area (Å²) >= 11 is 0. The van der Waals surface area contributed by atoms with Gasteiger partial charge in [0.1, 0.15) is 0 Å². The number of likely N-dealkylation sites (tertiary alicyclic amines) is 1. The third kappa shape index (κ3) is 3.69. The van der Waals surface area contributed by atoms with E-state index in [0.717, 1.165) is 37.2 Å². The number of aromatic nitrogens is 1. The lowest BCUT2D eigenvalue weighted by molar-refractivity contribution is -0.121. The van der Waals surface area contributed by atoms with Crippen molar-refractivity contribution in [3.63, 3.8) is 0 Å². The molecule has 4 nitrogen and oxygen atoms in total. The number of carbonyl (C=O) groups excluding carboxylic acids is 1. The summed E-state index contributed by atoms with van der Waals surface area (Å²) in [6.45, 7) is 8.03. The maximum atomic E-state index is 12.8. The predicted molar refractivity (Wildman–Crippen MR) is 116 cm³/mol. The Morgan fingerprint density at radius 2 is 1.89 bits per heavy atom. The number of piperidine rings is 1. The summed E-state index contributed by atoms with van der Waals surface area (Å²) in [7, 11) is 0. The van der Waals surface area contributed by atoms with Crippen molar-refractivity contribution in [2.75, 3.05) is 18.4 Å². The number of aryl methyl sites for hydroxylation is 2. The van der Waals surface area contributed by atoms with E-state index in [4.69, 9.17) is 0 Å². The molecule has 0 unspecified atom stereocenters. The van der Waals surface area contributed by atoms with Crippen molar-refractivity contribution in [1.82, 2.24) is 9.88 Å². The first-order chi connectivity index (χ1) is 13.5. The SMILES string of the molecule is Cc1ccc(NC(=O)[C@@H](C)N2CCC(c3c[nH]c4ccccc34)CC2)c(C)c1. The van der Waals surface area contributed by atoms with Crippen molar-refractivity contribution < 1.29 is 4.79 Å². The van der Waals surface area contributed by atoms with Crippen LogP contribution in [0, 0.1) is 13.8 Å². The molecule has 0 radical (unpaired) electrons. The van der Waals surface area contributed by atoms with Crippen LogP contribution in [0.5, 0.6) is 0 Å². The van der Waals surface area contributed by atoms with Gasteiger partial charge in [0.05, 0.1) is 6.04 Å². The Bertz CT molecular complexity index is 982. The maximum Gasteiger partial charge on any atom is 0.241 e. The van der Waals surface area contributed by atoms with Crippen molar-refractivity contribution in [3.05, 3.63) is 65.4 Å². The number of carbonyl (C=O) groups is 1. The van der Waals surface area contributed by atoms with Crippen LogP contribution in [0.4, 0.5) is 5.69 Å². The minimum absolute atomic E-state index is 0.0810. The summed E-state index contributed by atoms with van der Waals surface area (Å²) in [5, 5.41) is 4.45. The first kappa shape index (κ1) is 18.8. The number of benzene rings is 2. The van der Waals surface area contributed by atoms with E-state index < -0.39 is 0 Å². The van der Waals surface area contributed by atoms with Crippen LogP contribution in [0.15, 0.2) is 48.7 Å². The minimum atomic E-state index is -0.121. The second-order valence-corrected chi connectivity index (χ2v) is 8.08. The summed E-state index contributed by atoms with van der Waals surface area (Å²) in [6, 6.07) is 14.5. The predicted octanol–water partition coefficient (Wildman–Crippen LogP) is 4.99. The first-order valence-electron chi connectivity index (χ1n) is 10.2. The number of hydrogen-bond donors (Lipinski definition) is 2. The zero-order valence-corrected chi connectivity index (χ0v) is 17.0. The van der Waals surface area contributed by atoms with E-state index in [1.54, 1.807) is 0 Å². The van der Waals surface area contributed by atoms with E-state index in [9.17, 15) is 4.79 Å². The normalized spacial score (nSPS) is 17.0.